The highest BCUT2D eigenvalue weighted by molar-refractivity contribution is 7.22. The molecule has 3 nitrogen and oxygen atoms in total. The quantitative estimate of drug-likeness (QED) is 0.170. The largest absolute Gasteiger partial charge is 0.455 e. The van der Waals surface area contributed by atoms with Gasteiger partial charge in [0.25, 0.3) is 0 Å². The number of thiophene rings is 1. The van der Waals surface area contributed by atoms with Gasteiger partial charge in [-0.25, -0.2) is 0 Å². The molecule has 0 fully saturated rings. The minimum atomic E-state index is 0.907. The predicted molar refractivity (Wildman–Crippen MR) is 217 cm³/mol. The van der Waals surface area contributed by atoms with Gasteiger partial charge in [-0.2, -0.15) is 0 Å². The van der Waals surface area contributed by atoms with Gasteiger partial charge in [0, 0.05) is 47.9 Å². The SMILES string of the molecule is C1=C=C(c2ccccc2-n2c3c(c4ccccc42)-c2sc4ccccc4c2CC3)C(n2c3ccccc3c3c4oc5ccccc5c4ccc32)=CC=1. The summed E-state index contributed by atoms with van der Waals surface area (Å²) in [4.78, 5) is 1.41. The molecule has 10 aromatic rings. The van der Waals surface area contributed by atoms with Crippen LogP contribution in [0.5, 0.6) is 0 Å². The lowest BCUT2D eigenvalue weighted by Crippen LogP contribution is -2.09. The summed E-state index contributed by atoms with van der Waals surface area (Å²) in [7, 11) is 0. The van der Waals surface area contributed by atoms with E-state index in [9.17, 15) is 0 Å². The van der Waals surface area contributed by atoms with Gasteiger partial charge >= 0.3 is 0 Å². The summed E-state index contributed by atoms with van der Waals surface area (Å²) in [6.45, 7) is 0. The van der Waals surface area contributed by atoms with Crippen LogP contribution in [0.25, 0.3) is 92.1 Å². The smallest absolute Gasteiger partial charge is 0.145 e. The van der Waals surface area contributed by atoms with Crippen LogP contribution in [0.2, 0.25) is 0 Å². The maximum Gasteiger partial charge on any atom is 0.145 e. The van der Waals surface area contributed by atoms with Crippen molar-refractivity contribution in [2.24, 2.45) is 0 Å². The van der Waals surface area contributed by atoms with Gasteiger partial charge in [-0.3, -0.25) is 0 Å². The molecule has 2 aliphatic rings. The van der Waals surface area contributed by atoms with Crippen molar-refractivity contribution in [2.75, 3.05) is 0 Å². The lowest BCUT2D eigenvalue weighted by Gasteiger charge is -2.21. The standard InChI is InChI=1S/C48H28N2OS/c1-7-19-37(49-39-21-9-3-17-35(39)45-41(49)27-25-33-31-15-5-11-23-43(31)51-47(33)45)29(13-1)30-14-2-8-20-38(30)50-40-22-10-4-18-36(40)46-42(50)28-26-34-32-16-6-12-24-44(32)52-48(34)46/h2-12,14-25,27H,26,28H2. The fourth-order valence-corrected chi connectivity index (χ4v) is 10.3. The molecular weight excluding hydrogens is 653 g/mol. The van der Waals surface area contributed by atoms with E-state index >= 15 is 0 Å². The molecule has 0 radical (unpaired) electrons. The monoisotopic (exact) mass is 680 g/mol. The number of furan rings is 1. The van der Waals surface area contributed by atoms with Crippen molar-refractivity contribution >= 4 is 87.3 Å². The molecule has 0 bridgehead atoms. The summed E-state index contributed by atoms with van der Waals surface area (Å²) in [6, 6.07) is 48.1. The number of benzene rings is 6. The van der Waals surface area contributed by atoms with Crippen LogP contribution in [0.1, 0.15) is 16.8 Å². The first-order valence-corrected chi connectivity index (χ1v) is 18.6. The third kappa shape index (κ3) is 3.70. The van der Waals surface area contributed by atoms with Crippen molar-refractivity contribution < 1.29 is 4.42 Å². The van der Waals surface area contributed by atoms with Crippen molar-refractivity contribution in [1.82, 2.24) is 9.13 Å². The maximum absolute atomic E-state index is 6.61. The number of hydrogen-bond acceptors (Lipinski definition) is 2. The second-order valence-electron chi connectivity index (χ2n) is 13.7. The number of fused-ring (bicyclic) bond motifs is 14. The molecular formula is C48H28N2OS. The molecule has 0 saturated carbocycles. The number of para-hydroxylation sites is 4. The van der Waals surface area contributed by atoms with Gasteiger partial charge in [-0.15, -0.1) is 11.3 Å². The molecule has 0 N–H and O–H groups in total. The Hall–Kier alpha value is -6.54. The van der Waals surface area contributed by atoms with Crippen LogP contribution in [0.15, 0.2) is 161 Å². The summed E-state index contributed by atoms with van der Waals surface area (Å²) in [5.74, 6) is 0. The molecule has 0 spiro atoms. The summed E-state index contributed by atoms with van der Waals surface area (Å²) < 4.78 is 12.9. The van der Waals surface area contributed by atoms with Gasteiger partial charge in [0.1, 0.15) is 11.2 Å². The van der Waals surface area contributed by atoms with Crippen LogP contribution in [0, 0.1) is 0 Å². The van der Waals surface area contributed by atoms with Crippen molar-refractivity contribution in [3.8, 4) is 16.1 Å². The zero-order valence-corrected chi connectivity index (χ0v) is 28.8. The van der Waals surface area contributed by atoms with E-state index in [1.165, 1.54) is 48.1 Å². The number of hydrogen-bond donors (Lipinski definition) is 0. The van der Waals surface area contributed by atoms with Crippen LogP contribution in [0.3, 0.4) is 0 Å². The van der Waals surface area contributed by atoms with Crippen molar-refractivity contribution in [3.63, 3.8) is 0 Å². The Labute approximate surface area is 302 Å². The van der Waals surface area contributed by atoms with E-state index in [1.807, 2.05) is 23.5 Å². The highest BCUT2D eigenvalue weighted by atomic mass is 32.1. The number of aryl methyl sites for hydroxylation is 1. The fourth-order valence-electron chi connectivity index (χ4n) is 9.00. The van der Waals surface area contributed by atoms with Crippen LogP contribution in [-0.2, 0) is 12.8 Å². The zero-order chi connectivity index (χ0) is 33.9. The van der Waals surface area contributed by atoms with Gasteiger partial charge in [-0.1, -0.05) is 102 Å². The topological polar surface area (TPSA) is 23.0 Å². The van der Waals surface area contributed by atoms with Gasteiger partial charge in [0.15, 0.2) is 0 Å². The highest BCUT2D eigenvalue weighted by Crippen LogP contribution is 2.50. The van der Waals surface area contributed by atoms with Gasteiger partial charge in [0.2, 0.25) is 0 Å². The van der Waals surface area contributed by atoms with Crippen molar-refractivity contribution in [3.05, 3.63) is 174 Å². The van der Waals surface area contributed by atoms with Crippen LogP contribution >= 0.6 is 11.3 Å². The summed E-state index contributed by atoms with van der Waals surface area (Å²) >= 11 is 1.94. The Morgan fingerprint density at radius 3 is 2.23 bits per heavy atom. The van der Waals surface area contributed by atoms with E-state index in [2.05, 4.69) is 154 Å². The molecule has 12 rings (SSSR count). The van der Waals surface area contributed by atoms with Gasteiger partial charge in [-0.05, 0) is 78.4 Å². The third-order valence-electron chi connectivity index (χ3n) is 11.1. The molecule has 0 unspecified atom stereocenters. The van der Waals surface area contributed by atoms with E-state index in [4.69, 9.17) is 4.42 Å². The number of allylic oxidation sites excluding steroid dienone is 4. The third-order valence-corrected chi connectivity index (χ3v) is 12.4. The Bertz CT molecular complexity index is 3320. The van der Waals surface area contributed by atoms with Crippen molar-refractivity contribution in [2.45, 2.75) is 12.8 Å². The number of rotatable bonds is 3. The Kier molecular flexibility index (Phi) is 5.69. The average molecular weight is 681 g/mol. The molecule has 0 amide bonds. The molecule has 52 heavy (non-hydrogen) atoms. The summed E-state index contributed by atoms with van der Waals surface area (Å²) in [5.41, 5.74) is 20.8. The van der Waals surface area contributed by atoms with E-state index in [0.717, 1.165) is 73.7 Å². The minimum absolute atomic E-state index is 0.907. The molecule has 4 aromatic heterocycles. The van der Waals surface area contributed by atoms with Crippen molar-refractivity contribution in [1.29, 1.82) is 0 Å². The molecule has 6 aromatic carbocycles. The van der Waals surface area contributed by atoms with E-state index in [0.29, 0.717) is 0 Å². The van der Waals surface area contributed by atoms with Crippen LogP contribution < -0.4 is 0 Å². The molecule has 0 saturated heterocycles. The lowest BCUT2D eigenvalue weighted by molar-refractivity contribution is 0.673. The highest BCUT2D eigenvalue weighted by Gasteiger charge is 2.30. The van der Waals surface area contributed by atoms with Gasteiger partial charge in [0.05, 0.1) is 38.9 Å². The first-order valence-electron chi connectivity index (χ1n) is 17.8. The minimum Gasteiger partial charge on any atom is -0.455 e. The normalized spacial score (nSPS) is 13.8. The van der Waals surface area contributed by atoms with Crippen LogP contribution in [0.4, 0.5) is 0 Å². The summed E-state index contributed by atoms with van der Waals surface area (Å²) in [6.07, 6.45) is 6.17. The zero-order valence-electron chi connectivity index (χ0n) is 28.0. The average Bonchev–Trinajstić information content (AvgIpc) is 3.95. The molecule has 4 heteroatoms. The lowest BCUT2D eigenvalue weighted by atomic mass is 9.92. The maximum atomic E-state index is 6.61. The second-order valence-corrected chi connectivity index (χ2v) is 14.8. The first-order chi connectivity index (χ1) is 25.8. The number of nitrogens with zero attached hydrogens (tertiary/aromatic N) is 2. The molecule has 0 aliphatic heterocycles. The van der Waals surface area contributed by atoms with E-state index in [1.54, 1.807) is 0 Å². The van der Waals surface area contributed by atoms with E-state index < -0.39 is 0 Å². The van der Waals surface area contributed by atoms with Gasteiger partial charge < -0.3 is 13.6 Å². The fraction of sp³-hybridized carbons (Fsp3) is 0.0417. The molecule has 0 atom stereocenters. The first kappa shape index (κ1) is 28.2. The predicted octanol–water partition coefficient (Wildman–Crippen LogP) is 12.9. The number of aromatic nitrogens is 2. The Balaban J connectivity index is 1.11. The molecule has 242 valence electrons. The summed E-state index contributed by atoms with van der Waals surface area (Å²) in [5, 5.41) is 7.27. The Morgan fingerprint density at radius 2 is 1.33 bits per heavy atom. The Morgan fingerprint density at radius 1 is 0.596 bits per heavy atom. The molecule has 2 aliphatic carbocycles. The van der Waals surface area contributed by atoms with E-state index in [-0.39, 0.29) is 0 Å². The van der Waals surface area contributed by atoms with Crippen LogP contribution in [-0.4, -0.2) is 9.13 Å². The second kappa shape index (κ2) is 10.5. The molecule has 4 heterocycles.